The van der Waals surface area contributed by atoms with Crippen molar-refractivity contribution in [2.45, 2.75) is 40.5 Å². The summed E-state index contributed by atoms with van der Waals surface area (Å²) in [6, 6.07) is 41.1. The second kappa shape index (κ2) is 13.2. The average molecular weight is 551 g/mol. The van der Waals surface area contributed by atoms with E-state index in [2.05, 4.69) is 156 Å². The Morgan fingerprint density at radius 3 is 1.46 bits per heavy atom. The third-order valence-corrected chi connectivity index (χ3v) is 8.28. The van der Waals surface area contributed by atoms with Gasteiger partial charge in [0.25, 0.3) is 0 Å². The van der Waals surface area contributed by atoms with Crippen LogP contribution >= 0.6 is 0 Å². The van der Waals surface area contributed by atoms with Crippen molar-refractivity contribution in [1.82, 2.24) is 0 Å². The van der Waals surface area contributed by atoms with Crippen molar-refractivity contribution < 1.29 is 16.5 Å². The van der Waals surface area contributed by atoms with E-state index in [1.165, 1.54) is 69.2 Å². The van der Waals surface area contributed by atoms with E-state index in [1.807, 2.05) is 0 Å². The molecule has 0 saturated heterocycles. The van der Waals surface area contributed by atoms with Crippen LogP contribution in [0.3, 0.4) is 0 Å². The first kappa shape index (κ1) is 29.4. The molecule has 1 saturated carbocycles. The van der Waals surface area contributed by atoms with E-state index in [4.69, 9.17) is 0 Å². The molecule has 0 amide bonds. The average Bonchev–Trinajstić information content (AvgIpc) is 3.38. The summed E-state index contributed by atoms with van der Waals surface area (Å²) < 4.78 is 0. The maximum absolute atomic E-state index is 2.34. The summed E-state index contributed by atoms with van der Waals surface area (Å²) in [4.78, 5) is 0. The zero-order chi connectivity index (χ0) is 26.6. The zero-order valence-electron chi connectivity index (χ0n) is 23.4. The Labute approximate surface area is 247 Å². The minimum absolute atomic E-state index is 0. The Morgan fingerprint density at radius 1 is 0.487 bits per heavy atom. The molecular formula is C38H36Ni+2. The third kappa shape index (κ3) is 6.10. The first-order valence-electron chi connectivity index (χ1n) is 13.5. The van der Waals surface area contributed by atoms with Crippen LogP contribution in [-0.2, 0) is 16.5 Å². The van der Waals surface area contributed by atoms with Crippen molar-refractivity contribution >= 4 is 0 Å². The quantitative estimate of drug-likeness (QED) is 0.222. The van der Waals surface area contributed by atoms with Crippen molar-refractivity contribution in [3.63, 3.8) is 0 Å². The summed E-state index contributed by atoms with van der Waals surface area (Å²) in [6.45, 7) is 11.0. The van der Waals surface area contributed by atoms with Gasteiger partial charge in [-0.25, -0.2) is 0 Å². The molecular weight excluding hydrogens is 515 g/mol. The van der Waals surface area contributed by atoms with Gasteiger partial charge in [-0.15, -0.1) is 0 Å². The Hall–Kier alpha value is -2.63. The molecule has 2 aliphatic carbocycles. The van der Waals surface area contributed by atoms with Gasteiger partial charge in [0.05, 0.1) is 0 Å². The summed E-state index contributed by atoms with van der Waals surface area (Å²) in [5, 5.41) is 0. The third-order valence-electron chi connectivity index (χ3n) is 8.28. The van der Waals surface area contributed by atoms with Gasteiger partial charge in [0.15, 0.2) is 0 Å². The van der Waals surface area contributed by atoms with Gasteiger partial charge in [0, 0.05) is 24.2 Å². The van der Waals surface area contributed by atoms with Gasteiger partial charge in [-0.3, -0.25) is 0 Å². The SMILES string of the molecule is C[C]1[C](C)[C](C)[C](C)[C]1C.[CH]([C]1[C](c2ccccc2)C(c2ccccc2)c2ccccc21)c1ccccc1.[Ni+2]. The molecule has 0 bridgehead atoms. The van der Waals surface area contributed by atoms with Crippen LogP contribution in [0.2, 0.25) is 0 Å². The summed E-state index contributed by atoms with van der Waals surface area (Å²) in [5.41, 5.74) is 6.57. The summed E-state index contributed by atoms with van der Waals surface area (Å²) in [6.07, 6.45) is 2.34. The van der Waals surface area contributed by atoms with Gasteiger partial charge >= 0.3 is 16.5 Å². The van der Waals surface area contributed by atoms with Gasteiger partial charge in [-0.2, -0.15) is 0 Å². The van der Waals surface area contributed by atoms with Crippen LogP contribution in [0.1, 0.15) is 68.4 Å². The zero-order valence-corrected chi connectivity index (χ0v) is 24.4. The first-order valence-corrected chi connectivity index (χ1v) is 13.5. The van der Waals surface area contributed by atoms with Crippen molar-refractivity contribution in [1.29, 1.82) is 0 Å². The van der Waals surface area contributed by atoms with Gasteiger partial charge in [0.1, 0.15) is 0 Å². The van der Waals surface area contributed by atoms with Crippen molar-refractivity contribution in [3.8, 4) is 0 Å². The van der Waals surface area contributed by atoms with Crippen molar-refractivity contribution in [3.05, 3.63) is 191 Å². The molecule has 1 fully saturated rings. The van der Waals surface area contributed by atoms with Crippen molar-refractivity contribution in [2.24, 2.45) is 0 Å². The molecule has 0 nitrogen and oxygen atoms in total. The largest absolute Gasteiger partial charge is 2.00 e. The molecule has 1 unspecified atom stereocenters. The Balaban J connectivity index is 0.000000273. The maximum Gasteiger partial charge on any atom is 2.00 e. The fraction of sp³-hybridized carbons (Fsp3) is 0.158. The Kier molecular flexibility index (Phi) is 9.90. The van der Waals surface area contributed by atoms with Gasteiger partial charge in [-0.1, -0.05) is 150 Å². The van der Waals surface area contributed by atoms with E-state index >= 15 is 0 Å². The molecule has 2 aliphatic rings. The minimum Gasteiger partial charge on any atom is -0.0622 e. The molecule has 0 aliphatic heterocycles. The number of hydrogen-bond acceptors (Lipinski definition) is 0. The number of benzene rings is 4. The van der Waals surface area contributed by atoms with E-state index in [0.717, 1.165) is 0 Å². The molecule has 0 aromatic heterocycles. The number of rotatable bonds is 4. The minimum atomic E-state index is 0. The van der Waals surface area contributed by atoms with E-state index < -0.39 is 0 Å². The topological polar surface area (TPSA) is 0 Å². The fourth-order valence-corrected chi connectivity index (χ4v) is 5.66. The summed E-state index contributed by atoms with van der Waals surface area (Å²) >= 11 is 0. The summed E-state index contributed by atoms with van der Waals surface area (Å²) in [7, 11) is 0. The second-order valence-corrected chi connectivity index (χ2v) is 10.3. The van der Waals surface area contributed by atoms with Crippen LogP contribution in [-0.4, -0.2) is 0 Å². The normalized spacial score (nSPS) is 19.4. The van der Waals surface area contributed by atoms with E-state index in [-0.39, 0.29) is 22.4 Å². The molecule has 4 aromatic carbocycles. The molecule has 4 aromatic rings. The van der Waals surface area contributed by atoms with E-state index in [0.29, 0.717) is 0 Å². The summed E-state index contributed by atoms with van der Waals surface area (Å²) in [5.74, 6) is 10.3. The van der Waals surface area contributed by atoms with Crippen LogP contribution in [0.5, 0.6) is 0 Å². The van der Waals surface area contributed by atoms with Crippen LogP contribution < -0.4 is 0 Å². The monoisotopic (exact) mass is 550 g/mol. The Morgan fingerprint density at radius 2 is 0.923 bits per heavy atom. The number of hydrogen-bond donors (Lipinski definition) is 0. The molecule has 196 valence electrons. The number of fused-ring (bicyclic) bond motifs is 1. The molecule has 8 radical (unpaired) electrons. The van der Waals surface area contributed by atoms with Crippen LogP contribution in [0.15, 0.2) is 115 Å². The molecule has 0 spiro atoms. The molecule has 1 heteroatoms. The molecule has 6 rings (SSSR count). The molecule has 39 heavy (non-hydrogen) atoms. The maximum atomic E-state index is 2.34. The standard InChI is InChI=1S/C28H21.C10H15.Ni/c1-4-12-21(13-5-1)20-26-24-18-10-11-19-25(24)27(22-14-6-2-7-15-22)28(26)23-16-8-3-9-17-23;1-6-7(2)9(4)10(5)8(6)3;/h1-20,27H;1-5H3;/q;;+2. The smallest absolute Gasteiger partial charge is 0.0622 e. The molecule has 1 atom stereocenters. The van der Waals surface area contributed by atoms with E-state index in [9.17, 15) is 0 Å². The van der Waals surface area contributed by atoms with Crippen LogP contribution in [0.25, 0.3) is 0 Å². The molecule has 0 N–H and O–H groups in total. The first-order chi connectivity index (χ1) is 18.5. The molecule has 0 heterocycles. The fourth-order valence-electron chi connectivity index (χ4n) is 5.66. The van der Waals surface area contributed by atoms with Gasteiger partial charge in [-0.05, 0) is 57.4 Å². The van der Waals surface area contributed by atoms with Crippen LogP contribution in [0, 0.1) is 47.8 Å². The second-order valence-electron chi connectivity index (χ2n) is 10.3. The van der Waals surface area contributed by atoms with E-state index in [1.54, 1.807) is 0 Å². The predicted octanol–water partition coefficient (Wildman–Crippen LogP) is 9.60. The Bertz CT molecular complexity index is 1240. The van der Waals surface area contributed by atoms with Gasteiger partial charge < -0.3 is 0 Å². The van der Waals surface area contributed by atoms with Gasteiger partial charge in [0.2, 0.25) is 0 Å². The van der Waals surface area contributed by atoms with Crippen LogP contribution in [0.4, 0.5) is 0 Å². The van der Waals surface area contributed by atoms with Crippen molar-refractivity contribution in [2.75, 3.05) is 0 Å². The predicted molar refractivity (Wildman–Crippen MR) is 160 cm³/mol.